The first-order valence-corrected chi connectivity index (χ1v) is 8.96. The molecule has 3 nitrogen and oxygen atoms in total. The summed E-state index contributed by atoms with van der Waals surface area (Å²) in [5.41, 5.74) is 6.23. The molecule has 0 saturated carbocycles. The molecule has 0 bridgehead atoms. The maximum absolute atomic E-state index is 4.99. The molecule has 2 heterocycles. The van der Waals surface area contributed by atoms with Crippen LogP contribution in [-0.4, -0.2) is 22.6 Å². The molecule has 124 valence electrons. The molecule has 1 atom stereocenters. The molecule has 24 heavy (non-hydrogen) atoms. The molecule has 1 aliphatic heterocycles. The van der Waals surface area contributed by atoms with Crippen molar-refractivity contribution in [2.24, 2.45) is 5.92 Å². The standard InChI is InChI=1S/C21H25N3/c1-15-11-19-20(12-16(15)2)24(14-17-7-6-10-22-13-17)21(23-19)18-8-4-3-5-9-18/h3-5,8-9,11-12,17,22H,6-7,10,13-14H2,1-2H3. The smallest absolute Gasteiger partial charge is 0.141 e. The van der Waals surface area contributed by atoms with E-state index in [-0.39, 0.29) is 0 Å². The van der Waals surface area contributed by atoms with Gasteiger partial charge in [0.2, 0.25) is 0 Å². The van der Waals surface area contributed by atoms with Crippen LogP contribution >= 0.6 is 0 Å². The Morgan fingerprint density at radius 2 is 1.92 bits per heavy atom. The van der Waals surface area contributed by atoms with Crippen LogP contribution in [0.2, 0.25) is 0 Å². The van der Waals surface area contributed by atoms with Crippen LogP contribution < -0.4 is 5.32 Å². The Morgan fingerprint density at radius 3 is 2.67 bits per heavy atom. The van der Waals surface area contributed by atoms with E-state index in [2.05, 4.69) is 66.2 Å². The van der Waals surface area contributed by atoms with E-state index in [4.69, 9.17) is 4.98 Å². The number of aromatic nitrogens is 2. The number of benzene rings is 2. The number of nitrogens with zero attached hydrogens (tertiary/aromatic N) is 2. The number of imidazole rings is 1. The first kappa shape index (κ1) is 15.4. The van der Waals surface area contributed by atoms with Crippen LogP contribution in [0.4, 0.5) is 0 Å². The van der Waals surface area contributed by atoms with Gasteiger partial charge in [0.1, 0.15) is 5.82 Å². The Balaban J connectivity index is 1.85. The topological polar surface area (TPSA) is 29.9 Å². The van der Waals surface area contributed by atoms with Crippen molar-refractivity contribution in [3.05, 3.63) is 53.6 Å². The van der Waals surface area contributed by atoms with Gasteiger partial charge in [-0.1, -0.05) is 30.3 Å². The lowest BCUT2D eigenvalue weighted by Gasteiger charge is -2.24. The van der Waals surface area contributed by atoms with Gasteiger partial charge >= 0.3 is 0 Å². The molecule has 1 aliphatic rings. The first-order chi connectivity index (χ1) is 11.7. The van der Waals surface area contributed by atoms with Crippen molar-refractivity contribution < 1.29 is 0 Å². The minimum absolute atomic E-state index is 0.681. The highest BCUT2D eigenvalue weighted by atomic mass is 15.1. The van der Waals surface area contributed by atoms with Crippen molar-refractivity contribution >= 4 is 11.0 Å². The molecule has 1 fully saturated rings. The van der Waals surface area contributed by atoms with Crippen LogP contribution in [0.25, 0.3) is 22.4 Å². The highest BCUT2D eigenvalue weighted by Gasteiger charge is 2.19. The maximum Gasteiger partial charge on any atom is 0.141 e. The summed E-state index contributed by atoms with van der Waals surface area (Å²) in [7, 11) is 0. The number of fused-ring (bicyclic) bond motifs is 1. The van der Waals surface area contributed by atoms with Crippen LogP contribution in [0.1, 0.15) is 24.0 Å². The van der Waals surface area contributed by atoms with Gasteiger partial charge in [-0.05, 0) is 69.0 Å². The summed E-state index contributed by atoms with van der Waals surface area (Å²) in [4.78, 5) is 4.99. The molecule has 1 unspecified atom stereocenters. The molecular weight excluding hydrogens is 294 g/mol. The van der Waals surface area contributed by atoms with Crippen molar-refractivity contribution in [1.29, 1.82) is 0 Å². The quantitative estimate of drug-likeness (QED) is 0.779. The van der Waals surface area contributed by atoms with Gasteiger partial charge in [-0.2, -0.15) is 0 Å². The average molecular weight is 319 g/mol. The second kappa shape index (κ2) is 6.40. The van der Waals surface area contributed by atoms with Crippen LogP contribution in [0.15, 0.2) is 42.5 Å². The minimum atomic E-state index is 0.681. The van der Waals surface area contributed by atoms with Crippen molar-refractivity contribution in [2.75, 3.05) is 13.1 Å². The van der Waals surface area contributed by atoms with Gasteiger partial charge in [0.05, 0.1) is 11.0 Å². The van der Waals surface area contributed by atoms with Crippen LogP contribution in [0, 0.1) is 19.8 Å². The van der Waals surface area contributed by atoms with Gasteiger partial charge in [-0.15, -0.1) is 0 Å². The Labute approximate surface area is 143 Å². The highest BCUT2D eigenvalue weighted by molar-refractivity contribution is 5.82. The summed E-state index contributed by atoms with van der Waals surface area (Å²) >= 11 is 0. The second-order valence-corrected chi connectivity index (χ2v) is 7.05. The van der Waals surface area contributed by atoms with E-state index in [0.717, 1.165) is 31.0 Å². The van der Waals surface area contributed by atoms with Crippen LogP contribution in [0.3, 0.4) is 0 Å². The van der Waals surface area contributed by atoms with Gasteiger partial charge < -0.3 is 9.88 Å². The van der Waals surface area contributed by atoms with Crippen LogP contribution in [0.5, 0.6) is 0 Å². The van der Waals surface area contributed by atoms with E-state index in [0.29, 0.717) is 5.92 Å². The lowest BCUT2D eigenvalue weighted by atomic mass is 9.99. The molecule has 3 aromatic rings. The fraction of sp³-hybridized carbons (Fsp3) is 0.381. The lowest BCUT2D eigenvalue weighted by molar-refractivity contribution is 0.341. The van der Waals surface area contributed by atoms with E-state index in [1.165, 1.54) is 35.0 Å². The average Bonchev–Trinajstić information content (AvgIpc) is 2.95. The normalized spacial score (nSPS) is 18.2. The van der Waals surface area contributed by atoms with Crippen molar-refractivity contribution in [3.63, 3.8) is 0 Å². The predicted molar refractivity (Wildman–Crippen MR) is 100 cm³/mol. The number of rotatable bonds is 3. The van der Waals surface area contributed by atoms with E-state index in [9.17, 15) is 0 Å². The predicted octanol–water partition coefficient (Wildman–Crippen LogP) is 4.32. The monoisotopic (exact) mass is 319 g/mol. The number of aryl methyl sites for hydroxylation is 2. The second-order valence-electron chi connectivity index (χ2n) is 7.05. The van der Waals surface area contributed by atoms with Gasteiger partial charge in [0, 0.05) is 12.1 Å². The summed E-state index contributed by atoms with van der Waals surface area (Å²) in [6, 6.07) is 15.1. The molecule has 1 N–H and O–H groups in total. The molecule has 4 rings (SSSR count). The summed E-state index contributed by atoms with van der Waals surface area (Å²) in [6.07, 6.45) is 2.57. The molecule has 0 spiro atoms. The van der Waals surface area contributed by atoms with Gasteiger partial charge in [-0.3, -0.25) is 0 Å². The Morgan fingerprint density at radius 1 is 1.12 bits per heavy atom. The lowest BCUT2D eigenvalue weighted by Crippen LogP contribution is -2.32. The molecule has 1 saturated heterocycles. The third-order valence-corrected chi connectivity index (χ3v) is 5.24. The van der Waals surface area contributed by atoms with Crippen LogP contribution in [-0.2, 0) is 6.54 Å². The summed E-state index contributed by atoms with van der Waals surface area (Å²) in [5.74, 6) is 1.78. The van der Waals surface area contributed by atoms with E-state index < -0.39 is 0 Å². The molecule has 0 radical (unpaired) electrons. The van der Waals surface area contributed by atoms with Crippen molar-refractivity contribution in [3.8, 4) is 11.4 Å². The van der Waals surface area contributed by atoms with E-state index >= 15 is 0 Å². The molecule has 0 aliphatic carbocycles. The van der Waals surface area contributed by atoms with Gasteiger partial charge in [0.25, 0.3) is 0 Å². The fourth-order valence-electron chi connectivity index (χ4n) is 3.71. The SMILES string of the molecule is Cc1cc2nc(-c3ccccc3)n(CC3CCCNC3)c2cc1C. The van der Waals surface area contributed by atoms with E-state index in [1.807, 2.05) is 0 Å². The number of hydrogen-bond donors (Lipinski definition) is 1. The Hall–Kier alpha value is -2.13. The first-order valence-electron chi connectivity index (χ1n) is 8.96. The molecule has 2 aromatic carbocycles. The van der Waals surface area contributed by atoms with Gasteiger partial charge in [-0.25, -0.2) is 4.98 Å². The zero-order chi connectivity index (χ0) is 16.5. The molecule has 1 aromatic heterocycles. The number of piperidine rings is 1. The summed E-state index contributed by atoms with van der Waals surface area (Å²) < 4.78 is 2.44. The zero-order valence-electron chi connectivity index (χ0n) is 14.5. The Kier molecular flexibility index (Phi) is 4.11. The van der Waals surface area contributed by atoms with E-state index in [1.54, 1.807) is 0 Å². The molecular formula is C21H25N3. The van der Waals surface area contributed by atoms with Crippen molar-refractivity contribution in [1.82, 2.24) is 14.9 Å². The largest absolute Gasteiger partial charge is 0.324 e. The summed E-state index contributed by atoms with van der Waals surface area (Å²) in [6.45, 7) is 7.66. The third-order valence-electron chi connectivity index (χ3n) is 5.24. The third kappa shape index (κ3) is 2.84. The molecule has 0 amide bonds. The fourth-order valence-corrected chi connectivity index (χ4v) is 3.71. The number of nitrogens with one attached hydrogen (secondary N) is 1. The Bertz CT molecular complexity index is 842. The minimum Gasteiger partial charge on any atom is -0.324 e. The zero-order valence-corrected chi connectivity index (χ0v) is 14.5. The van der Waals surface area contributed by atoms with Gasteiger partial charge in [0.15, 0.2) is 0 Å². The van der Waals surface area contributed by atoms with Crippen molar-refractivity contribution in [2.45, 2.75) is 33.2 Å². The number of hydrogen-bond acceptors (Lipinski definition) is 2. The summed E-state index contributed by atoms with van der Waals surface area (Å²) in [5, 5.41) is 3.54. The molecule has 3 heteroatoms. The highest BCUT2D eigenvalue weighted by Crippen LogP contribution is 2.28. The maximum atomic E-state index is 4.99.